The Morgan fingerprint density at radius 1 is 1.07 bits per heavy atom. The van der Waals surface area contributed by atoms with Crippen molar-refractivity contribution >= 4 is 0 Å². The SMILES string of the molecule is CCCCCC(C)C.COC(C)(C)C. The quantitative estimate of drug-likeness (QED) is 0.603. The molecule has 0 amide bonds. The molecule has 0 atom stereocenters. The zero-order valence-electron chi connectivity index (χ0n) is 11.3. The third-order valence-electron chi connectivity index (χ3n) is 2.00. The first-order valence-corrected chi connectivity index (χ1v) is 5.88. The predicted molar refractivity (Wildman–Crippen MR) is 65.7 cm³/mol. The Balaban J connectivity index is 0. The standard InChI is InChI=1S/C8H18.C5H12O/c1-4-5-6-7-8(2)3;1-5(2,3)6-4/h8H,4-7H2,1-3H3;1-4H3. The summed E-state index contributed by atoms with van der Waals surface area (Å²) in [5.74, 6) is 0.904. The lowest BCUT2D eigenvalue weighted by atomic mass is 10.1. The number of rotatable bonds is 4. The third-order valence-corrected chi connectivity index (χ3v) is 2.00. The van der Waals surface area contributed by atoms with Gasteiger partial charge >= 0.3 is 0 Å². The van der Waals surface area contributed by atoms with Gasteiger partial charge in [-0.15, -0.1) is 0 Å². The summed E-state index contributed by atoms with van der Waals surface area (Å²) >= 11 is 0. The van der Waals surface area contributed by atoms with Crippen molar-refractivity contribution in [3.63, 3.8) is 0 Å². The van der Waals surface area contributed by atoms with Gasteiger partial charge in [0.1, 0.15) is 0 Å². The van der Waals surface area contributed by atoms with Crippen LogP contribution >= 0.6 is 0 Å². The molecule has 14 heavy (non-hydrogen) atoms. The fourth-order valence-electron chi connectivity index (χ4n) is 0.803. The summed E-state index contributed by atoms with van der Waals surface area (Å²) in [5, 5.41) is 0. The van der Waals surface area contributed by atoms with Gasteiger partial charge in [-0.25, -0.2) is 0 Å². The molecule has 0 N–H and O–H groups in total. The number of unbranched alkanes of at least 4 members (excludes halogenated alkanes) is 2. The van der Waals surface area contributed by atoms with E-state index in [0.29, 0.717) is 0 Å². The normalized spacial score (nSPS) is 11.1. The third kappa shape index (κ3) is 22.7. The van der Waals surface area contributed by atoms with Crippen LogP contribution in [0.15, 0.2) is 0 Å². The van der Waals surface area contributed by atoms with Gasteiger partial charge in [0.05, 0.1) is 5.60 Å². The second-order valence-electron chi connectivity index (χ2n) is 5.21. The summed E-state index contributed by atoms with van der Waals surface area (Å²) in [4.78, 5) is 0. The Bertz CT molecular complexity index is 100. The van der Waals surface area contributed by atoms with Crippen LogP contribution in [0.25, 0.3) is 0 Å². The Hall–Kier alpha value is -0.0400. The van der Waals surface area contributed by atoms with E-state index in [-0.39, 0.29) is 5.60 Å². The van der Waals surface area contributed by atoms with Crippen molar-refractivity contribution in [1.82, 2.24) is 0 Å². The predicted octanol–water partition coefficient (Wildman–Crippen LogP) is 4.65. The van der Waals surface area contributed by atoms with Crippen LogP contribution in [-0.4, -0.2) is 12.7 Å². The molecule has 1 heteroatoms. The van der Waals surface area contributed by atoms with Crippen LogP contribution < -0.4 is 0 Å². The Morgan fingerprint density at radius 3 is 1.71 bits per heavy atom. The van der Waals surface area contributed by atoms with Crippen molar-refractivity contribution in [2.24, 2.45) is 5.92 Å². The molecule has 0 saturated carbocycles. The van der Waals surface area contributed by atoms with Gasteiger partial charge in [0.2, 0.25) is 0 Å². The van der Waals surface area contributed by atoms with Gasteiger partial charge in [0, 0.05) is 7.11 Å². The molecule has 0 heterocycles. The summed E-state index contributed by atoms with van der Waals surface area (Å²) < 4.78 is 4.94. The van der Waals surface area contributed by atoms with E-state index in [1.165, 1.54) is 25.7 Å². The Morgan fingerprint density at radius 2 is 1.50 bits per heavy atom. The zero-order valence-corrected chi connectivity index (χ0v) is 11.3. The van der Waals surface area contributed by atoms with Gasteiger partial charge in [-0.2, -0.15) is 0 Å². The molecule has 0 bridgehead atoms. The first-order chi connectivity index (χ1) is 6.33. The van der Waals surface area contributed by atoms with E-state index in [0.717, 1.165) is 5.92 Å². The number of methoxy groups -OCH3 is 1. The Kier molecular flexibility index (Phi) is 11.1. The second kappa shape index (κ2) is 9.51. The Labute approximate surface area is 91.2 Å². The minimum Gasteiger partial charge on any atom is -0.379 e. The molecule has 0 aliphatic heterocycles. The molecule has 0 saturated heterocycles. The van der Waals surface area contributed by atoms with Gasteiger partial charge < -0.3 is 4.74 Å². The number of ether oxygens (including phenoxy) is 1. The van der Waals surface area contributed by atoms with Crippen LogP contribution in [-0.2, 0) is 4.74 Å². The molecule has 0 fully saturated rings. The summed E-state index contributed by atoms with van der Waals surface area (Å²) in [6.45, 7) is 12.9. The van der Waals surface area contributed by atoms with Gasteiger partial charge in [-0.3, -0.25) is 0 Å². The summed E-state index contributed by atoms with van der Waals surface area (Å²) in [6, 6.07) is 0. The minimum atomic E-state index is 0.0417. The maximum Gasteiger partial charge on any atom is 0.0594 e. The van der Waals surface area contributed by atoms with E-state index in [4.69, 9.17) is 4.74 Å². The summed E-state index contributed by atoms with van der Waals surface area (Å²) in [6.07, 6.45) is 5.60. The van der Waals surface area contributed by atoms with E-state index in [1.807, 2.05) is 20.8 Å². The molecule has 0 aliphatic rings. The van der Waals surface area contributed by atoms with Gasteiger partial charge in [-0.1, -0.05) is 46.5 Å². The fraction of sp³-hybridized carbons (Fsp3) is 1.00. The second-order valence-corrected chi connectivity index (χ2v) is 5.21. The topological polar surface area (TPSA) is 9.23 Å². The molecular weight excluding hydrogens is 172 g/mol. The molecule has 0 aliphatic carbocycles. The van der Waals surface area contributed by atoms with Crippen LogP contribution in [0.4, 0.5) is 0 Å². The smallest absolute Gasteiger partial charge is 0.0594 e. The maximum absolute atomic E-state index is 4.94. The van der Waals surface area contributed by atoms with Crippen molar-refractivity contribution in [2.75, 3.05) is 7.11 Å². The first kappa shape index (κ1) is 16.4. The van der Waals surface area contributed by atoms with Crippen LogP contribution in [0.1, 0.15) is 67.2 Å². The van der Waals surface area contributed by atoms with Crippen molar-refractivity contribution < 1.29 is 4.74 Å². The van der Waals surface area contributed by atoms with E-state index < -0.39 is 0 Å². The first-order valence-electron chi connectivity index (χ1n) is 5.88. The lowest BCUT2D eigenvalue weighted by Crippen LogP contribution is -2.15. The van der Waals surface area contributed by atoms with Crippen LogP contribution in [0.3, 0.4) is 0 Å². The molecule has 88 valence electrons. The molecule has 0 radical (unpaired) electrons. The molecule has 0 spiro atoms. The van der Waals surface area contributed by atoms with Gasteiger partial charge in [-0.05, 0) is 26.7 Å². The largest absolute Gasteiger partial charge is 0.379 e. The van der Waals surface area contributed by atoms with E-state index >= 15 is 0 Å². The highest BCUT2D eigenvalue weighted by atomic mass is 16.5. The summed E-state index contributed by atoms with van der Waals surface area (Å²) in [5.41, 5.74) is 0.0417. The lowest BCUT2D eigenvalue weighted by molar-refractivity contribution is 0.0397. The highest BCUT2D eigenvalue weighted by molar-refractivity contribution is 4.55. The zero-order chi connectivity index (χ0) is 11.6. The lowest BCUT2D eigenvalue weighted by Gasteiger charge is -2.14. The van der Waals surface area contributed by atoms with E-state index in [2.05, 4.69) is 20.8 Å². The highest BCUT2D eigenvalue weighted by Gasteiger charge is 2.04. The van der Waals surface area contributed by atoms with Crippen LogP contribution in [0.2, 0.25) is 0 Å². The summed E-state index contributed by atoms with van der Waals surface area (Å²) in [7, 11) is 1.71. The van der Waals surface area contributed by atoms with Crippen molar-refractivity contribution in [3.8, 4) is 0 Å². The fourth-order valence-corrected chi connectivity index (χ4v) is 0.803. The van der Waals surface area contributed by atoms with Crippen molar-refractivity contribution in [3.05, 3.63) is 0 Å². The number of hydrogen-bond donors (Lipinski definition) is 0. The monoisotopic (exact) mass is 202 g/mol. The van der Waals surface area contributed by atoms with E-state index in [1.54, 1.807) is 7.11 Å². The van der Waals surface area contributed by atoms with Crippen LogP contribution in [0.5, 0.6) is 0 Å². The highest BCUT2D eigenvalue weighted by Crippen LogP contribution is 2.06. The molecule has 0 rings (SSSR count). The van der Waals surface area contributed by atoms with Crippen molar-refractivity contribution in [1.29, 1.82) is 0 Å². The molecule has 0 aromatic heterocycles. The van der Waals surface area contributed by atoms with Gasteiger partial charge in [0.15, 0.2) is 0 Å². The molecule has 1 nitrogen and oxygen atoms in total. The minimum absolute atomic E-state index is 0.0417. The maximum atomic E-state index is 4.94. The van der Waals surface area contributed by atoms with Crippen molar-refractivity contribution in [2.45, 2.75) is 72.8 Å². The van der Waals surface area contributed by atoms with Gasteiger partial charge in [0.25, 0.3) is 0 Å². The molecule has 0 aromatic rings. The average molecular weight is 202 g/mol. The molecule has 0 unspecified atom stereocenters. The number of hydrogen-bond acceptors (Lipinski definition) is 1. The average Bonchev–Trinajstić information content (AvgIpc) is 2.04. The van der Waals surface area contributed by atoms with Crippen LogP contribution in [0, 0.1) is 5.92 Å². The van der Waals surface area contributed by atoms with E-state index in [9.17, 15) is 0 Å². The molecular formula is C13H30O. The molecule has 0 aromatic carbocycles.